The highest BCUT2D eigenvalue weighted by molar-refractivity contribution is 6.17. The number of fused-ring (bicyclic) bond motifs is 1. The Hall–Kier alpha value is -1.55. The Labute approximate surface area is 123 Å². The number of nitrogens with one attached hydrogen (secondary N) is 1. The average Bonchev–Trinajstić information content (AvgIpc) is 2.80. The summed E-state index contributed by atoms with van der Waals surface area (Å²) in [6.45, 7) is 2.82. The lowest BCUT2D eigenvalue weighted by Crippen LogP contribution is -2.38. The number of para-hydroxylation sites is 1. The highest BCUT2D eigenvalue weighted by Gasteiger charge is 2.27. The lowest BCUT2D eigenvalue weighted by atomic mass is 10.1. The maximum atomic E-state index is 12.2. The number of nitrogens with zero attached hydrogens (tertiary/aromatic N) is 2. The van der Waals surface area contributed by atoms with Crippen molar-refractivity contribution >= 4 is 28.5 Å². The number of imidazole rings is 1. The number of rotatable bonds is 3. The first-order valence-electron chi connectivity index (χ1n) is 7.02. The highest BCUT2D eigenvalue weighted by Crippen LogP contribution is 2.28. The van der Waals surface area contributed by atoms with Gasteiger partial charge >= 0.3 is 0 Å². The molecule has 1 atom stereocenters. The summed E-state index contributed by atoms with van der Waals surface area (Å²) < 4.78 is 2.08. The van der Waals surface area contributed by atoms with Crippen molar-refractivity contribution in [2.24, 2.45) is 0 Å². The molecule has 0 spiro atoms. The van der Waals surface area contributed by atoms with E-state index < -0.39 is 0 Å². The third-order valence-electron chi connectivity index (χ3n) is 3.88. The van der Waals surface area contributed by atoms with Gasteiger partial charge in [-0.2, -0.15) is 0 Å². The molecule has 1 amide bonds. The van der Waals surface area contributed by atoms with Crippen LogP contribution in [0.4, 0.5) is 0 Å². The molecule has 1 aromatic heterocycles. The zero-order chi connectivity index (χ0) is 14.1. The number of aromatic nitrogens is 2. The molecule has 2 aromatic rings. The van der Waals surface area contributed by atoms with Gasteiger partial charge < -0.3 is 9.88 Å². The van der Waals surface area contributed by atoms with E-state index >= 15 is 0 Å². The molecular weight excluding hydrogens is 274 g/mol. The van der Waals surface area contributed by atoms with Gasteiger partial charge in [-0.1, -0.05) is 12.1 Å². The van der Waals surface area contributed by atoms with E-state index in [9.17, 15) is 4.79 Å². The molecule has 0 saturated carbocycles. The zero-order valence-corrected chi connectivity index (χ0v) is 12.3. The standard InChI is InChI=1S/C15H18ClN3O/c1-10-4-2-5-11-14(10)18-13(7-8-16)19(11)12-6-3-9-17-15(12)20/h2,4-5,12H,3,6-9H2,1H3,(H,17,20). The van der Waals surface area contributed by atoms with Crippen molar-refractivity contribution in [3.05, 3.63) is 29.6 Å². The number of hydrogen-bond acceptors (Lipinski definition) is 2. The van der Waals surface area contributed by atoms with E-state index in [0.29, 0.717) is 12.3 Å². The van der Waals surface area contributed by atoms with Crippen LogP contribution in [0.25, 0.3) is 11.0 Å². The fourth-order valence-corrected chi connectivity index (χ4v) is 3.09. The predicted molar refractivity (Wildman–Crippen MR) is 80.2 cm³/mol. The summed E-state index contributed by atoms with van der Waals surface area (Å²) in [5, 5.41) is 2.95. The number of halogens is 1. The van der Waals surface area contributed by atoms with Gasteiger partial charge in [0.1, 0.15) is 11.9 Å². The third kappa shape index (κ3) is 2.18. The van der Waals surface area contributed by atoms with Crippen LogP contribution in [0, 0.1) is 6.92 Å². The molecule has 5 heteroatoms. The largest absolute Gasteiger partial charge is 0.354 e. The summed E-state index contributed by atoms with van der Waals surface area (Å²) >= 11 is 5.90. The van der Waals surface area contributed by atoms with E-state index in [1.807, 2.05) is 25.1 Å². The van der Waals surface area contributed by atoms with Gasteiger partial charge in [0.15, 0.2) is 0 Å². The summed E-state index contributed by atoms with van der Waals surface area (Å²) in [6, 6.07) is 5.94. The number of alkyl halides is 1. The number of hydrogen-bond donors (Lipinski definition) is 1. The molecular formula is C15H18ClN3O. The van der Waals surface area contributed by atoms with Gasteiger partial charge in [-0.3, -0.25) is 4.79 Å². The summed E-state index contributed by atoms with van der Waals surface area (Å²) in [6.07, 6.45) is 2.54. The Morgan fingerprint density at radius 3 is 3.10 bits per heavy atom. The second-order valence-corrected chi connectivity index (χ2v) is 5.61. The number of amides is 1. The van der Waals surface area contributed by atoms with Crippen LogP contribution in [0.3, 0.4) is 0 Å². The number of carbonyl (C=O) groups is 1. The van der Waals surface area contributed by atoms with Crippen LogP contribution in [-0.2, 0) is 11.2 Å². The topological polar surface area (TPSA) is 46.9 Å². The maximum absolute atomic E-state index is 12.2. The second-order valence-electron chi connectivity index (χ2n) is 5.23. The maximum Gasteiger partial charge on any atom is 0.243 e. The van der Waals surface area contributed by atoms with Crippen LogP contribution >= 0.6 is 11.6 Å². The first-order valence-corrected chi connectivity index (χ1v) is 7.56. The fourth-order valence-electron chi connectivity index (χ4n) is 2.92. The minimum absolute atomic E-state index is 0.0906. The summed E-state index contributed by atoms with van der Waals surface area (Å²) in [7, 11) is 0. The first-order chi connectivity index (χ1) is 9.72. The van der Waals surface area contributed by atoms with Crippen LogP contribution in [0.2, 0.25) is 0 Å². The van der Waals surface area contributed by atoms with Crippen molar-refractivity contribution in [1.29, 1.82) is 0 Å². The summed E-state index contributed by atoms with van der Waals surface area (Å²) in [5.41, 5.74) is 3.14. The molecule has 0 aliphatic carbocycles. The lowest BCUT2D eigenvalue weighted by molar-refractivity contribution is -0.125. The predicted octanol–water partition coefficient (Wildman–Crippen LogP) is 2.58. The molecule has 1 aromatic carbocycles. The van der Waals surface area contributed by atoms with Crippen LogP contribution in [0.1, 0.15) is 30.3 Å². The van der Waals surface area contributed by atoms with Crippen LogP contribution < -0.4 is 5.32 Å². The quantitative estimate of drug-likeness (QED) is 0.884. The number of aryl methyl sites for hydroxylation is 2. The molecule has 0 bridgehead atoms. The van der Waals surface area contributed by atoms with Crippen molar-refractivity contribution < 1.29 is 4.79 Å². The summed E-state index contributed by atoms with van der Waals surface area (Å²) in [5.74, 6) is 1.51. The van der Waals surface area contributed by atoms with E-state index in [1.165, 1.54) is 0 Å². The Bertz CT molecular complexity index is 650. The molecule has 1 unspecified atom stereocenters. The Kier molecular flexibility index (Phi) is 3.66. The normalized spacial score (nSPS) is 19.3. The molecule has 4 nitrogen and oxygen atoms in total. The molecule has 0 radical (unpaired) electrons. The Balaban J connectivity index is 2.18. The van der Waals surface area contributed by atoms with Gasteiger partial charge in [0.05, 0.1) is 11.0 Å². The third-order valence-corrected chi connectivity index (χ3v) is 4.07. The fraction of sp³-hybridized carbons (Fsp3) is 0.467. The van der Waals surface area contributed by atoms with Gasteiger partial charge in [0, 0.05) is 18.8 Å². The van der Waals surface area contributed by atoms with Crippen molar-refractivity contribution in [3.8, 4) is 0 Å². The summed E-state index contributed by atoms with van der Waals surface area (Å²) in [4.78, 5) is 16.9. The van der Waals surface area contributed by atoms with Crippen molar-refractivity contribution in [1.82, 2.24) is 14.9 Å². The van der Waals surface area contributed by atoms with Crippen molar-refractivity contribution in [2.45, 2.75) is 32.2 Å². The Morgan fingerprint density at radius 1 is 1.50 bits per heavy atom. The second kappa shape index (κ2) is 5.44. The van der Waals surface area contributed by atoms with E-state index in [1.54, 1.807) is 0 Å². The number of benzene rings is 1. The molecule has 106 valence electrons. The SMILES string of the molecule is Cc1cccc2c1nc(CCCl)n2C1CCCNC1=O. The van der Waals surface area contributed by atoms with Gasteiger partial charge in [0.2, 0.25) is 5.91 Å². The van der Waals surface area contributed by atoms with E-state index in [-0.39, 0.29) is 11.9 Å². The van der Waals surface area contributed by atoms with Gasteiger partial charge in [-0.05, 0) is 31.4 Å². The first kappa shape index (κ1) is 13.4. The molecule has 1 aliphatic rings. The van der Waals surface area contributed by atoms with E-state index in [0.717, 1.165) is 41.8 Å². The smallest absolute Gasteiger partial charge is 0.243 e. The van der Waals surface area contributed by atoms with Crippen LogP contribution in [0.5, 0.6) is 0 Å². The van der Waals surface area contributed by atoms with E-state index in [4.69, 9.17) is 16.6 Å². The molecule has 20 heavy (non-hydrogen) atoms. The minimum Gasteiger partial charge on any atom is -0.354 e. The van der Waals surface area contributed by atoms with Crippen LogP contribution in [0.15, 0.2) is 18.2 Å². The average molecular weight is 292 g/mol. The minimum atomic E-state index is -0.159. The zero-order valence-electron chi connectivity index (χ0n) is 11.5. The van der Waals surface area contributed by atoms with Gasteiger partial charge in [0.25, 0.3) is 0 Å². The molecule has 1 saturated heterocycles. The van der Waals surface area contributed by atoms with Crippen molar-refractivity contribution in [2.75, 3.05) is 12.4 Å². The Morgan fingerprint density at radius 2 is 2.35 bits per heavy atom. The molecule has 2 heterocycles. The van der Waals surface area contributed by atoms with Crippen molar-refractivity contribution in [3.63, 3.8) is 0 Å². The molecule has 1 aliphatic heterocycles. The number of piperidine rings is 1. The van der Waals surface area contributed by atoms with Gasteiger partial charge in [-0.25, -0.2) is 4.98 Å². The molecule has 1 N–H and O–H groups in total. The van der Waals surface area contributed by atoms with Gasteiger partial charge in [-0.15, -0.1) is 11.6 Å². The molecule has 1 fully saturated rings. The molecule has 3 rings (SSSR count). The lowest BCUT2D eigenvalue weighted by Gasteiger charge is -2.25. The van der Waals surface area contributed by atoms with E-state index in [2.05, 4.69) is 9.88 Å². The highest BCUT2D eigenvalue weighted by atomic mass is 35.5. The monoisotopic (exact) mass is 291 g/mol. The van der Waals surface area contributed by atoms with Crippen LogP contribution in [-0.4, -0.2) is 27.9 Å². The number of carbonyl (C=O) groups excluding carboxylic acids is 1.